The fourth-order valence-electron chi connectivity index (χ4n) is 2.23. The Morgan fingerprint density at radius 3 is 2.75 bits per heavy atom. The molecular weight excluding hydrogens is 368 g/mol. The third-order valence-corrected chi connectivity index (χ3v) is 3.33. The smallest absolute Gasteiger partial charge is 0.387 e. The van der Waals surface area contributed by atoms with E-state index in [9.17, 15) is 13.6 Å². The Morgan fingerprint density at radius 2 is 2.04 bits per heavy atom. The second kappa shape index (κ2) is 10.6. The number of anilines is 1. The zero-order valence-corrected chi connectivity index (χ0v) is 15.2. The minimum absolute atomic E-state index is 0.0674. The van der Waals surface area contributed by atoms with Crippen molar-refractivity contribution in [2.75, 3.05) is 18.5 Å². The molecule has 0 aliphatic heterocycles. The third-order valence-electron chi connectivity index (χ3n) is 3.33. The van der Waals surface area contributed by atoms with Crippen molar-refractivity contribution in [2.45, 2.75) is 13.5 Å². The van der Waals surface area contributed by atoms with Gasteiger partial charge in [-0.3, -0.25) is 4.79 Å². The average Bonchev–Trinajstić information content (AvgIpc) is 2.66. The summed E-state index contributed by atoms with van der Waals surface area (Å²) in [5.41, 5.74) is 1.13. The number of benzene rings is 2. The van der Waals surface area contributed by atoms with Gasteiger partial charge in [0, 0.05) is 17.8 Å². The highest BCUT2D eigenvalue weighted by Gasteiger charge is 2.11. The van der Waals surface area contributed by atoms with E-state index in [2.05, 4.69) is 16.0 Å². The van der Waals surface area contributed by atoms with Crippen LogP contribution in [0.4, 0.5) is 14.5 Å². The van der Waals surface area contributed by atoms with E-state index < -0.39 is 6.61 Å². The molecule has 2 rings (SSSR count). The molecule has 2 aromatic carbocycles. The lowest BCUT2D eigenvalue weighted by Crippen LogP contribution is -2.08. The predicted octanol–water partition coefficient (Wildman–Crippen LogP) is 4.35. The minimum Gasteiger partial charge on any atom is -0.490 e. The number of carbonyl (C=O) groups is 1. The molecule has 0 atom stereocenters. The lowest BCUT2D eigenvalue weighted by Gasteiger charge is -2.11. The van der Waals surface area contributed by atoms with Gasteiger partial charge in [0.2, 0.25) is 5.91 Å². The fourth-order valence-corrected chi connectivity index (χ4v) is 2.23. The second-order valence-electron chi connectivity index (χ2n) is 5.36. The van der Waals surface area contributed by atoms with Crippen molar-refractivity contribution in [3.8, 4) is 29.6 Å². The van der Waals surface area contributed by atoms with Crippen molar-refractivity contribution in [2.24, 2.45) is 0 Å². The normalized spacial score (nSPS) is 10.5. The number of nitrogens with one attached hydrogen (secondary N) is 1. The molecule has 1 N–H and O–H groups in total. The topological polar surface area (TPSA) is 56.8 Å². The maximum atomic E-state index is 12.4. The van der Waals surface area contributed by atoms with Gasteiger partial charge in [0.05, 0.1) is 6.61 Å². The number of carbonyl (C=O) groups excluding carboxylic acids is 1. The van der Waals surface area contributed by atoms with Crippen LogP contribution in [0.3, 0.4) is 0 Å². The Bertz CT molecular complexity index is 875. The van der Waals surface area contributed by atoms with Crippen molar-refractivity contribution in [3.63, 3.8) is 0 Å². The molecule has 0 fully saturated rings. The molecule has 0 unspecified atom stereocenters. The van der Waals surface area contributed by atoms with E-state index in [1.165, 1.54) is 30.4 Å². The molecule has 0 saturated carbocycles. The highest BCUT2D eigenvalue weighted by atomic mass is 19.3. The summed E-state index contributed by atoms with van der Waals surface area (Å²) in [6.45, 7) is -0.814. The first-order valence-electron chi connectivity index (χ1n) is 8.39. The average molecular weight is 387 g/mol. The highest BCUT2D eigenvalue weighted by molar-refractivity contribution is 6.02. The Labute approximate surface area is 161 Å². The van der Waals surface area contributed by atoms with Gasteiger partial charge in [-0.1, -0.05) is 18.1 Å². The second-order valence-corrected chi connectivity index (χ2v) is 5.36. The van der Waals surface area contributed by atoms with E-state index in [1.807, 2.05) is 0 Å². The molecule has 0 radical (unpaired) electrons. The van der Waals surface area contributed by atoms with Crippen LogP contribution in [0.5, 0.6) is 17.2 Å². The monoisotopic (exact) mass is 387 g/mol. The zero-order chi connectivity index (χ0) is 20.4. The summed E-state index contributed by atoms with van der Waals surface area (Å²) in [5.74, 6) is 2.63. The van der Waals surface area contributed by atoms with Gasteiger partial charge in [-0.2, -0.15) is 8.78 Å². The summed E-state index contributed by atoms with van der Waals surface area (Å²) in [6.07, 6.45) is 7.99. The van der Waals surface area contributed by atoms with Crippen molar-refractivity contribution in [1.29, 1.82) is 0 Å². The minimum atomic E-state index is -2.95. The molecule has 0 aliphatic carbocycles. The van der Waals surface area contributed by atoms with Crippen LogP contribution in [0.15, 0.2) is 48.5 Å². The molecule has 2 aromatic rings. The van der Waals surface area contributed by atoms with Crippen LogP contribution in [0, 0.1) is 12.3 Å². The Balaban J connectivity index is 2.05. The number of ether oxygens (including phenoxy) is 3. The lowest BCUT2D eigenvalue weighted by atomic mass is 10.2. The van der Waals surface area contributed by atoms with E-state index in [0.717, 1.165) is 0 Å². The quantitative estimate of drug-likeness (QED) is 0.513. The number of amides is 1. The summed E-state index contributed by atoms with van der Waals surface area (Å²) in [7, 11) is 0. The van der Waals surface area contributed by atoms with Crippen LogP contribution in [0.25, 0.3) is 6.08 Å². The van der Waals surface area contributed by atoms with Gasteiger partial charge in [0.25, 0.3) is 0 Å². The number of hydrogen-bond donors (Lipinski definition) is 1. The zero-order valence-electron chi connectivity index (χ0n) is 15.2. The number of hydrogen-bond acceptors (Lipinski definition) is 4. The first-order valence-corrected chi connectivity index (χ1v) is 8.39. The van der Waals surface area contributed by atoms with E-state index in [-0.39, 0.29) is 30.6 Å². The highest BCUT2D eigenvalue weighted by Crippen LogP contribution is 2.30. The number of alkyl halides is 2. The number of halogens is 2. The van der Waals surface area contributed by atoms with Gasteiger partial charge < -0.3 is 19.5 Å². The van der Waals surface area contributed by atoms with E-state index in [0.29, 0.717) is 17.0 Å². The van der Waals surface area contributed by atoms with Crippen LogP contribution in [0.1, 0.15) is 12.5 Å². The predicted molar refractivity (Wildman–Crippen MR) is 103 cm³/mol. The maximum Gasteiger partial charge on any atom is 0.387 e. The molecule has 146 valence electrons. The first-order chi connectivity index (χ1) is 13.5. The molecular formula is C21H19F2NO4. The van der Waals surface area contributed by atoms with Crippen LogP contribution in [-0.2, 0) is 4.79 Å². The van der Waals surface area contributed by atoms with E-state index in [4.69, 9.17) is 15.9 Å². The van der Waals surface area contributed by atoms with Crippen molar-refractivity contribution in [1.82, 2.24) is 0 Å². The van der Waals surface area contributed by atoms with E-state index >= 15 is 0 Å². The summed E-state index contributed by atoms with van der Waals surface area (Å²) in [4.78, 5) is 12.1. The van der Waals surface area contributed by atoms with Crippen molar-refractivity contribution < 1.29 is 27.8 Å². The van der Waals surface area contributed by atoms with Gasteiger partial charge in [-0.15, -0.1) is 6.42 Å². The molecule has 0 spiro atoms. The molecule has 7 heteroatoms. The molecule has 0 aliphatic rings. The van der Waals surface area contributed by atoms with Crippen LogP contribution in [-0.4, -0.2) is 25.7 Å². The maximum absolute atomic E-state index is 12.4. The van der Waals surface area contributed by atoms with Crippen LogP contribution < -0.4 is 19.5 Å². The molecule has 0 aromatic heterocycles. The largest absolute Gasteiger partial charge is 0.490 e. The lowest BCUT2D eigenvalue weighted by molar-refractivity contribution is -0.111. The Kier molecular flexibility index (Phi) is 7.85. The standard InChI is InChI=1S/C21H19F2NO4/c1-3-12-27-17-7-5-6-16(14-17)24-20(25)11-9-15-8-10-18(28-21(22)23)19(13-15)26-4-2/h1,5-11,13-14,21H,4,12H2,2H3,(H,24,25)/b11-9+. The van der Waals surface area contributed by atoms with Crippen LogP contribution >= 0.6 is 0 Å². The molecule has 28 heavy (non-hydrogen) atoms. The van der Waals surface area contributed by atoms with Gasteiger partial charge in [0.15, 0.2) is 11.5 Å². The summed E-state index contributed by atoms with van der Waals surface area (Å²) < 4.78 is 39.9. The molecule has 0 heterocycles. The van der Waals surface area contributed by atoms with Crippen LogP contribution in [0.2, 0.25) is 0 Å². The summed E-state index contributed by atoms with van der Waals surface area (Å²) >= 11 is 0. The van der Waals surface area contributed by atoms with E-state index in [1.54, 1.807) is 31.2 Å². The number of rotatable bonds is 9. The van der Waals surface area contributed by atoms with Gasteiger partial charge >= 0.3 is 6.61 Å². The third kappa shape index (κ3) is 6.65. The first kappa shape index (κ1) is 20.8. The van der Waals surface area contributed by atoms with Crippen molar-refractivity contribution >= 4 is 17.7 Å². The van der Waals surface area contributed by atoms with Gasteiger partial charge in [-0.05, 0) is 42.8 Å². The van der Waals surface area contributed by atoms with Gasteiger partial charge in [-0.25, -0.2) is 0 Å². The Hall–Kier alpha value is -3.53. The summed E-state index contributed by atoms with van der Waals surface area (Å²) in [6, 6.07) is 11.2. The Morgan fingerprint density at radius 1 is 1.21 bits per heavy atom. The van der Waals surface area contributed by atoms with Crippen molar-refractivity contribution in [3.05, 3.63) is 54.1 Å². The fraction of sp³-hybridized carbons (Fsp3) is 0.190. The molecule has 1 amide bonds. The molecule has 5 nitrogen and oxygen atoms in total. The number of terminal acetylenes is 1. The SMILES string of the molecule is C#CCOc1cccc(NC(=O)/C=C/c2ccc(OC(F)F)c(OCC)c2)c1. The summed E-state index contributed by atoms with van der Waals surface area (Å²) in [5, 5.41) is 2.69. The molecule has 0 saturated heterocycles. The van der Waals surface area contributed by atoms with Gasteiger partial charge in [0.1, 0.15) is 12.4 Å². The molecule has 0 bridgehead atoms.